The van der Waals surface area contributed by atoms with Gasteiger partial charge >= 0.3 is 0 Å². The second-order valence-electron chi connectivity index (χ2n) is 3.09. The Kier molecular flexibility index (Phi) is 2.84. The van der Waals surface area contributed by atoms with Crippen LogP contribution < -0.4 is 4.74 Å². The van der Waals surface area contributed by atoms with E-state index >= 15 is 0 Å². The molecule has 0 spiro atoms. The summed E-state index contributed by atoms with van der Waals surface area (Å²) in [6, 6.07) is 14.0. The third-order valence-electron chi connectivity index (χ3n) is 2.00. The van der Waals surface area contributed by atoms with Crippen LogP contribution in [0.3, 0.4) is 0 Å². The summed E-state index contributed by atoms with van der Waals surface area (Å²) in [7, 11) is 0. The van der Waals surface area contributed by atoms with E-state index in [-0.39, 0.29) is 6.10 Å². The van der Waals surface area contributed by atoms with Crippen LogP contribution in [-0.4, -0.2) is 0 Å². The van der Waals surface area contributed by atoms with E-state index in [9.17, 15) is 0 Å². The molecule has 2 rings (SSSR count). The summed E-state index contributed by atoms with van der Waals surface area (Å²) in [6.07, 6.45) is 0.136. The van der Waals surface area contributed by atoms with Gasteiger partial charge in [0.1, 0.15) is 11.9 Å². The van der Waals surface area contributed by atoms with Crippen molar-refractivity contribution in [2.75, 3.05) is 0 Å². The van der Waals surface area contributed by atoms with Crippen molar-refractivity contribution in [3.05, 3.63) is 52.7 Å². The Morgan fingerprint density at radius 2 is 1.86 bits per heavy atom. The van der Waals surface area contributed by atoms with Crippen molar-refractivity contribution in [2.24, 2.45) is 0 Å². The van der Waals surface area contributed by atoms with Crippen LogP contribution in [0.15, 0.2) is 47.8 Å². The number of hydrogen-bond donors (Lipinski definition) is 0. The number of benzene rings is 1. The molecule has 1 unspecified atom stereocenters. The molecule has 1 aromatic heterocycles. The Hall–Kier alpha value is -1.28. The van der Waals surface area contributed by atoms with Crippen LogP contribution in [0.5, 0.6) is 5.75 Å². The monoisotopic (exact) mass is 204 g/mol. The fraction of sp³-hybridized carbons (Fsp3) is 0.167. The Morgan fingerprint density at radius 3 is 2.50 bits per heavy atom. The van der Waals surface area contributed by atoms with Crippen LogP contribution in [0.2, 0.25) is 0 Å². The van der Waals surface area contributed by atoms with Gasteiger partial charge in [0, 0.05) is 4.88 Å². The standard InChI is InChI=1S/C12H12OS/c1-10(12-8-5-9-14-12)13-11-6-3-2-4-7-11/h2-10H,1H3. The molecule has 0 aliphatic rings. The van der Waals surface area contributed by atoms with Crippen LogP contribution >= 0.6 is 11.3 Å². The van der Waals surface area contributed by atoms with Gasteiger partial charge in [0.05, 0.1) is 0 Å². The lowest BCUT2D eigenvalue weighted by Crippen LogP contribution is -2.00. The highest BCUT2D eigenvalue weighted by Gasteiger charge is 2.06. The van der Waals surface area contributed by atoms with E-state index in [0.29, 0.717) is 0 Å². The van der Waals surface area contributed by atoms with Crippen LogP contribution in [0.4, 0.5) is 0 Å². The molecule has 0 radical (unpaired) electrons. The summed E-state index contributed by atoms with van der Waals surface area (Å²) in [4.78, 5) is 1.26. The molecule has 0 amide bonds. The fourth-order valence-corrected chi connectivity index (χ4v) is 2.00. The third kappa shape index (κ3) is 2.15. The van der Waals surface area contributed by atoms with Gasteiger partial charge in [-0.1, -0.05) is 24.3 Å². The number of ether oxygens (including phenoxy) is 1. The molecule has 0 fully saturated rings. The second kappa shape index (κ2) is 4.29. The summed E-state index contributed by atoms with van der Waals surface area (Å²) in [5, 5.41) is 2.07. The molecule has 0 saturated carbocycles. The van der Waals surface area contributed by atoms with Crippen molar-refractivity contribution in [3.63, 3.8) is 0 Å². The predicted octanol–water partition coefficient (Wildman–Crippen LogP) is 3.89. The van der Waals surface area contributed by atoms with Gasteiger partial charge in [-0.05, 0) is 30.5 Å². The van der Waals surface area contributed by atoms with E-state index in [1.54, 1.807) is 11.3 Å². The van der Waals surface area contributed by atoms with Crippen molar-refractivity contribution < 1.29 is 4.74 Å². The van der Waals surface area contributed by atoms with Crippen molar-refractivity contribution in [2.45, 2.75) is 13.0 Å². The normalized spacial score (nSPS) is 12.4. The molecule has 0 aliphatic heterocycles. The van der Waals surface area contributed by atoms with E-state index in [1.807, 2.05) is 36.4 Å². The number of para-hydroxylation sites is 1. The average molecular weight is 204 g/mol. The van der Waals surface area contributed by atoms with Gasteiger partial charge in [0.15, 0.2) is 0 Å². The first-order chi connectivity index (χ1) is 6.86. The molecule has 1 aromatic carbocycles. The van der Waals surface area contributed by atoms with Crippen molar-refractivity contribution in [1.29, 1.82) is 0 Å². The molecule has 72 valence electrons. The fourth-order valence-electron chi connectivity index (χ4n) is 1.28. The number of thiophene rings is 1. The molecule has 2 aromatic rings. The molecule has 0 saturated heterocycles. The lowest BCUT2D eigenvalue weighted by molar-refractivity contribution is 0.231. The topological polar surface area (TPSA) is 9.23 Å². The zero-order chi connectivity index (χ0) is 9.80. The Morgan fingerprint density at radius 1 is 1.07 bits per heavy atom. The minimum Gasteiger partial charge on any atom is -0.485 e. The molecule has 2 heteroatoms. The zero-order valence-corrected chi connectivity index (χ0v) is 8.83. The van der Waals surface area contributed by atoms with E-state index in [2.05, 4.69) is 18.4 Å². The first-order valence-electron chi connectivity index (χ1n) is 4.61. The maximum absolute atomic E-state index is 5.77. The van der Waals surface area contributed by atoms with E-state index in [4.69, 9.17) is 4.74 Å². The van der Waals surface area contributed by atoms with Crippen LogP contribution in [0.25, 0.3) is 0 Å². The van der Waals surface area contributed by atoms with Crippen LogP contribution in [-0.2, 0) is 0 Å². The quantitative estimate of drug-likeness (QED) is 0.737. The van der Waals surface area contributed by atoms with Gasteiger partial charge < -0.3 is 4.74 Å². The zero-order valence-electron chi connectivity index (χ0n) is 8.01. The summed E-state index contributed by atoms with van der Waals surface area (Å²) >= 11 is 1.73. The average Bonchev–Trinajstić information content (AvgIpc) is 2.72. The molecular weight excluding hydrogens is 192 g/mol. The van der Waals surface area contributed by atoms with E-state index in [1.165, 1.54) is 4.88 Å². The first kappa shape index (κ1) is 9.28. The number of hydrogen-bond acceptors (Lipinski definition) is 2. The maximum Gasteiger partial charge on any atom is 0.130 e. The molecule has 0 N–H and O–H groups in total. The molecule has 0 bridgehead atoms. The Bertz CT molecular complexity index is 366. The summed E-state index contributed by atoms with van der Waals surface area (Å²) in [5.74, 6) is 0.924. The number of rotatable bonds is 3. The highest BCUT2D eigenvalue weighted by molar-refractivity contribution is 7.10. The van der Waals surface area contributed by atoms with Gasteiger partial charge in [-0.2, -0.15) is 0 Å². The predicted molar refractivity (Wildman–Crippen MR) is 59.8 cm³/mol. The smallest absolute Gasteiger partial charge is 0.130 e. The molecule has 1 heterocycles. The third-order valence-corrected chi connectivity index (χ3v) is 3.03. The van der Waals surface area contributed by atoms with Gasteiger partial charge in [-0.25, -0.2) is 0 Å². The SMILES string of the molecule is CC(Oc1ccccc1)c1cccs1. The molecule has 1 atom stereocenters. The van der Waals surface area contributed by atoms with Crippen molar-refractivity contribution >= 4 is 11.3 Å². The van der Waals surface area contributed by atoms with Crippen LogP contribution in [0, 0.1) is 0 Å². The van der Waals surface area contributed by atoms with Gasteiger partial charge in [0.2, 0.25) is 0 Å². The summed E-state index contributed by atoms with van der Waals surface area (Å²) < 4.78 is 5.77. The minimum absolute atomic E-state index is 0.136. The molecule has 1 nitrogen and oxygen atoms in total. The molecular formula is C12H12OS. The van der Waals surface area contributed by atoms with Gasteiger partial charge in [0.25, 0.3) is 0 Å². The Balaban J connectivity index is 2.06. The summed E-state index contributed by atoms with van der Waals surface area (Å²) in [5.41, 5.74) is 0. The first-order valence-corrected chi connectivity index (χ1v) is 5.49. The maximum atomic E-state index is 5.77. The highest BCUT2D eigenvalue weighted by Crippen LogP contribution is 2.24. The minimum atomic E-state index is 0.136. The Labute approximate surface area is 88.0 Å². The second-order valence-corrected chi connectivity index (χ2v) is 4.07. The molecule has 0 aliphatic carbocycles. The van der Waals surface area contributed by atoms with Crippen molar-refractivity contribution in [1.82, 2.24) is 0 Å². The highest BCUT2D eigenvalue weighted by atomic mass is 32.1. The lowest BCUT2D eigenvalue weighted by Gasteiger charge is -2.12. The summed E-state index contributed by atoms with van der Waals surface area (Å²) in [6.45, 7) is 2.07. The van der Waals surface area contributed by atoms with Gasteiger partial charge in [-0.3, -0.25) is 0 Å². The largest absolute Gasteiger partial charge is 0.485 e. The van der Waals surface area contributed by atoms with E-state index < -0.39 is 0 Å². The van der Waals surface area contributed by atoms with E-state index in [0.717, 1.165) is 5.75 Å². The molecule has 14 heavy (non-hydrogen) atoms. The van der Waals surface area contributed by atoms with Crippen molar-refractivity contribution in [3.8, 4) is 5.75 Å². The van der Waals surface area contributed by atoms with Gasteiger partial charge in [-0.15, -0.1) is 11.3 Å². The lowest BCUT2D eigenvalue weighted by atomic mass is 10.3. The van der Waals surface area contributed by atoms with Crippen LogP contribution in [0.1, 0.15) is 17.9 Å².